The van der Waals surface area contributed by atoms with E-state index in [0.717, 1.165) is 22.6 Å². The van der Waals surface area contributed by atoms with E-state index in [-0.39, 0.29) is 5.91 Å². The average Bonchev–Trinajstić information content (AvgIpc) is 3.10. The van der Waals surface area contributed by atoms with Crippen molar-refractivity contribution >= 4 is 11.6 Å². The van der Waals surface area contributed by atoms with Gasteiger partial charge in [-0.1, -0.05) is 36.4 Å². The summed E-state index contributed by atoms with van der Waals surface area (Å²) < 4.78 is 0. The summed E-state index contributed by atoms with van der Waals surface area (Å²) >= 11 is 0. The second-order valence-electron chi connectivity index (χ2n) is 5.94. The molecule has 128 valence electrons. The maximum atomic E-state index is 12.0. The van der Waals surface area contributed by atoms with Gasteiger partial charge in [0.05, 0.1) is 24.8 Å². The quantitative estimate of drug-likeness (QED) is 0.752. The molecule has 1 heterocycles. The summed E-state index contributed by atoms with van der Waals surface area (Å²) in [6.45, 7) is 0.542. The van der Waals surface area contributed by atoms with E-state index in [4.69, 9.17) is 0 Å². The second-order valence-corrected chi connectivity index (χ2v) is 5.94. The van der Waals surface area contributed by atoms with Crippen molar-refractivity contribution in [1.29, 1.82) is 0 Å². The first-order valence-electron chi connectivity index (χ1n) is 8.12. The molecule has 3 rings (SSSR count). The van der Waals surface area contributed by atoms with E-state index < -0.39 is 0 Å². The molecule has 6 heteroatoms. The molecule has 0 atom stereocenters. The molecule has 0 spiro atoms. The minimum Gasteiger partial charge on any atom is -0.379 e. The van der Waals surface area contributed by atoms with Crippen LogP contribution in [0, 0.1) is 0 Å². The van der Waals surface area contributed by atoms with E-state index in [0.29, 0.717) is 13.0 Å². The third-order valence-electron chi connectivity index (χ3n) is 3.84. The van der Waals surface area contributed by atoms with Gasteiger partial charge in [0.1, 0.15) is 5.69 Å². The number of aromatic nitrogens is 3. The first-order chi connectivity index (χ1) is 12.1. The minimum absolute atomic E-state index is 0.0734. The predicted octanol–water partition coefficient (Wildman–Crippen LogP) is 2.51. The summed E-state index contributed by atoms with van der Waals surface area (Å²) in [6, 6.07) is 17.6. The molecule has 1 amide bonds. The number of hydrogen-bond donors (Lipinski definition) is 1. The van der Waals surface area contributed by atoms with Crippen molar-refractivity contribution in [3.8, 4) is 5.69 Å². The molecule has 0 aliphatic heterocycles. The van der Waals surface area contributed by atoms with Gasteiger partial charge in [0.2, 0.25) is 5.91 Å². The maximum Gasteiger partial charge on any atom is 0.226 e. The van der Waals surface area contributed by atoms with E-state index in [2.05, 4.69) is 15.5 Å². The Morgan fingerprint density at radius 2 is 1.80 bits per heavy atom. The smallest absolute Gasteiger partial charge is 0.226 e. The fourth-order valence-corrected chi connectivity index (χ4v) is 2.42. The van der Waals surface area contributed by atoms with Crippen LogP contribution in [0.4, 0.5) is 5.69 Å². The Morgan fingerprint density at radius 3 is 2.56 bits per heavy atom. The van der Waals surface area contributed by atoms with Gasteiger partial charge in [0, 0.05) is 19.8 Å². The van der Waals surface area contributed by atoms with Crippen LogP contribution in [-0.2, 0) is 17.8 Å². The molecular formula is C19H21N5O. The van der Waals surface area contributed by atoms with Gasteiger partial charge in [-0.3, -0.25) is 4.79 Å². The second kappa shape index (κ2) is 7.61. The van der Waals surface area contributed by atoms with Gasteiger partial charge in [0.15, 0.2) is 0 Å². The van der Waals surface area contributed by atoms with Gasteiger partial charge in [-0.15, -0.1) is 0 Å². The molecule has 2 aromatic carbocycles. The third kappa shape index (κ3) is 4.23. The van der Waals surface area contributed by atoms with Crippen LogP contribution >= 0.6 is 0 Å². The highest BCUT2D eigenvalue weighted by molar-refractivity contribution is 5.80. The highest BCUT2D eigenvalue weighted by Gasteiger charge is 2.10. The Morgan fingerprint density at radius 1 is 1.08 bits per heavy atom. The summed E-state index contributed by atoms with van der Waals surface area (Å²) in [5.41, 5.74) is 3.66. The lowest BCUT2D eigenvalue weighted by Crippen LogP contribution is -2.23. The summed E-state index contributed by atoms with van der Waals surface area (Å²) in [5, 5.41) is 12.1. The Balaban J connectivity index is 1.68. The van der Waals surface area contributed by atoms with Gasteiger partial charge in [-0.25, -0.2) is 0 Å². The number of carbonyl (C=O) groups is 1. The number of likely N-dealkylation sites (N-methyl/N-ethyl adjacent to an activating group) is 1. The number of amides is 1. The number of anilines is 1. The molecular weight excluding hydrogens is 314 g/mol. The number of rotatable bonds is 6. The lowest BCUT2D eigenvalue weighted by atomic mass is 10.1. The van der Waals surface area contributed by atoms with E-state index in [1.807, 2.05) is 54.6 Å². The normalized spacial score (nSPS) is 10.5. The first kappa shape index (κ1) is 16.7. The van der Waals surface area contributed by atoms with Crippen molar-refractivity contribution < 1.29 is 4.79 Å². The van der Waals surface area contributed by atoms with E-state index in [1.165, 1.54) is 0 Å². The standard InChI is InChI=1S/C19H21N5O/c1-23(2)19(25)12-15-8-6-7-11-18(15)20-13-16-14-21-24(22-16)17-9-4-3-5-10-17/h3-11,14,20H,12-13H2,1-2H3. The van der Waals surface area contributed by atoms with Crippen LogP contribution < -0.4 is 5.32 Å². The van der Waals surface area contributed by atoms with Gasteiger partial charge in [-0.2, -0.15) is 15.0 Å². The van der Waals surface area contributed by atoms with Crippen LogP contribution in [0.25, 0.3) is 5.69 Å². The minimum atomic E-state index is 0.0734. The molecule has 0 bridgehead atoms. The van der Waals surface area contributed by atoms with Crippen molar-refractivity contribution in [2.45, 2.75) is 13.0 Å². The first-order valence-corrected chi connectivity index (χ1v) is 8.12. The summed E-state index contributed by atoms with van der Waals surface area (Å²) in [6.07, 6.45) is 2.11. The SMILES string of the molecule is CN(C)C(=O)Cc1ccccc1NCc1cnn(-c2ccccc2)n1. The van der Waals surface area contributed by atoms with Crippen molar-refractivity contribution in [1.82, 2.24) is 19.9 Å². The van der Waals surface area contributed by atoms with Crippen LogP contribution in [0.3, 0.4) is 0 Å². The number of nitrogens with zero attached hydrogens (tertiary/aromatic N) is 4. The molecule has 6 nitrogen and oxygen atoms in total. The van der Waals surface area contributed by atoms with Gasteiger partial charge in [-0.05, 0) is 23.8 Å². The van der Waals surface area contributed by atoms with Crippen LogP contribution in [-0.4, -0.2) is 39.9 Å². The lowest BCUT2D eigenvalue weighted by Gasteiger charge is -2.14. The Kier molecular flexibility index (Phi) is 5.09. The van der Waals surface area contributed by atoms with Crippen LogP contribution in [0.2, 0.25) is 0 Å². The van der Waals surface area contributed by atoms with E-state index in [9.17, 15) is 4.79 Å². The summed E-state index contributed by atoms with van der Waals surface area (Å²) in [7, 11) is 3.53. The Bertz CT molecular complexity index is 842. The van der Waals surface area contributed by atoms with Crippen molar-refractivity contribution in [2.75, 3.05) is 19.4 Å². The topological polar surface area (TPSA) is 63.1 Å². The highest BCUT2D eigenvalue weighted by Crippen LogP contribution is 2.17. The largest absolute Gasteiger partial charge is 0.379 e. The van der Waals surface area contributed by atoms with Gasteiger partial charge < -0.3 is 10.2 Å². The molecule has 0 saturated heterocycles. The van der Waals surface area contributed by atoms with Gasteiger partial charge in [0.25, 0.3) is 0 Å². The third-order valence-corrected chi connectivity index (χ3v) is 3.84. The van der Waals surface area contributed by atoms with E-state index in [1.54, 1.807) is 30.0 Å². The number of para-hydroxylation sites is 2. The zero-order valence-electron chi connectivity index (χ0n) is 14.4. The number of benzene rings is 2. The van der Waals surface area contributed by atoms with Crippen molar-refractivity contribution in [3.05, 3.63) is 72.1 Å². The molecule has 0 fully saturated rings. The average molecular weight is 335 g/mol. The molecule has 1 N–H and O–H groups in total. The maximum absolute atomic E-state index is 12.0. The summed E-state index contributed by atoms with van der Waals surface area (Å²) in [4.78, 5) is 15.2. The molecule has 0 saturated carbocycles. The number of carbonyl (C=O) groups excluding carboxylic acids is 1. The van der Waals surface area contributed by atoms with Gasteiger partial charge >= 0.3 is 0 Å². The molecule has 3 aromatic rings. The predicted molar refractivity (Wildman–Crippen MR) is 97.5 cm³/mol. The Labute approximate surface area is 147 Å². The highest BCUT2D eigenvalue weighted by atomic mass is 16.2. The van der Waals surface area contributed by atoms with Crippen LogP contribution in [0.15, 0.2) is 60.8 Å². The zero-order chi connectivity index (χ0) is 17.6. The number of nitrogens with one attached hydrogen (secondary N) is 1. The molecule has 0 unspecified atom stereocenters. The molecule has 0 aliphatic rings. The van der Waals surface area contributed by atoms with E-state index >= 15 is 0 Å². The molecule has 0 radical (unpaired) electrons. The van der Waals surface area contributed by atoms with Crippen molar-refractivity contribution in [2.24, 2.45) is 0 Å². The van der Waals surface area contributed by atoms with Crippen LogP contribution in [0.5, 0.6) is 0 Å². The van der Waals surface area contributed by atoms with Crippen LogP contribution in [0.1, 0.15) is 11.3 Å². The molecule has 1 aromatic heterocycles. The van der Waals surface area contributed by atoms with Crippen molar-refractivity contribution in [3.63, 3.8) is 0 Å². The molecule has 0 aliphatic carbocycles. The fourth-order valence-electron chi connectivity index (χ4n) is 2.42. The Hall–Kier alpha value is -3.15. The lowest BCUT2D eigenvalue weighted by molar-refractivity contribution is -0.127. The fraction of sp³-hybridized carbons (Fsp3) is 0.211. The summed E-state index contributed by atoms with van der Waals surface area (Å²) in [5.74, 6) is 0.0734. The monoisotopic (exact) mass is 335 g/mol. The molecule has 25 heavy (non-hydrogen) atoms. The number of hydrogen-bond acceptors (Lipinski definition) is 4. The zero-order valence-corrected chi connectivity index (χ0v) is 14.4.